The Kier molecular flexibility index (Phi) is 4.88. The predicted molar refractivity (Wildman–Crippen MR) is 105 cm³/mol. The summed E-state index contributed by atoms with van der Waals surface area (Å²) in [6.07, 6.45) is 0. The molecule has 0 aliphatic carbocycles. The van der Waals surface area contributed by atoms with Gasteiger partial charge in [-0.3, -0.25) is 4.90 Å². The van der Waals surface area contributed by atoms with Crippen LogP contribution in [0, 0.1) is 27.7 Å². The number of nitrogens with one attached hydrogen (secondary N) is 1. The molecule has 1 fully saturated rings. The number of furan rings is 1. The van der Waals surface area contributed by atoms with Gasteiger partial charge in [0.2, 0.25) is 0 Å². The second-order valence-corrected chi connectivity index (χ2v) is 7.18. The SMILES string of the molecule is Cc1cc(-c2cc3nc(C)c(C)c(NCCN4CCOCC4)n3n2)c(C)o1. The molecule has 0 aromatic carbocycles. The Morgan fingerprint density at radius 3 is 2.59 bits per heavy atom. The van der Waals surface area contributed by atoms with Gasteiger partial charge >= 0.3 is 0 Å². The maximum Gasteiger partial charge on any atom is 0.158 e. The van der Waals surface area contributed by atoms with Crippen molar-refractivity contribution in [2.45, 2.75) is 27.7 Å². The van der Waals surface area contributed by atoms with E-state index in [4.69, 9.17) is 19.2 Å². The number of morpholine rings is 1. The molecule has 4 rings (SSSR count). The van der Waals surface area contributed by atoms with Crippen LogP contribution in [0.2, 0.25) is 0 Å². The minimum atomic E-state index is 0.823. The van der Waals surface area contributed by atoms with Crippen molar-refractivity contribution in [1.82, 2.24) is 19.5 Å². The third-order valence-corrected chi connectivity index (χ3v) is 5.22. The fraction of sp³-hybridized carbons (Fsp3) is 0.500. The highest BCUT2D eigenvalue weighted by molar-refractivity contribution is 5.68. The fourth-order valence-corrected chi connectivity index (χ4v) is 3.58. The van der Waals surface area contributed by atoms with Crippen LogP contribution in [0.1, 0.15) is 22.8 Å². The monoisotopic (exact) mass is 369 g/mol. The number of ether oxygens (including phenoxy) is 1. The largest absolute Gasteiger partial charge is 0.466 e. The van der Waals surface area contributed by atoms with Gasteiger partial charge in [-0.05, 0) is 33.8 Å². The van der Waals surface area contributed by atoms with Crippen molar-refractivity contribution in [1.29, 1.82) is 0 Å². The molecule has 1 aliphatic heterocycles. The highest BCUT2D eigenvalue weighted by Gasteiger charge is 2.17. The molecule has 0 saturated carbocycles. The molecule has 1 saturated heterocycles. The molecule has 0 bridgehead atoms. The smallest absolute Gasteiger partial charge is 0.158 e. The van der Waals surface area contributed by atoms with Crippen LogP contribution in [0.25, 0.3) is 16.9 Å². The molecule has 0 atom stereocenters. The van der Waals surface area contributed by atoms with E-state index >= 15 is 0 Å². The number of aryl methyl sites for hydroxylation is 3. The van der Waals surface area contributed by atoms with Crippen molar-refractivity contribution < 1.29 is 9.15 Å². The Morgan fingerprint density at radius 1 is 1.11 bits per heavy atom. The summed E-state index contributed by atoms with van der Waals surface area (Å²) in [7, 11) is 0. The number of nitrogens with zero attached hydrogens (tertiary/aromatic N) is 4. The van der Waals surface area contributed by atoms with Crippen LogP contribution < -0.4 is 5.32 Å². The van der Waals surface area contributed by atoms with E-state index in [2.05, 4.69) is 17.1 Å². The molecule has 27 heavy (non-hydrogen) atoms. The van der Waals surface area contributed by atoms with Gasteiger partial charge in [-0.15, -0.1) is 0 Å². The molecule has 0 amide bonds. The van der Waals surface area contributed by atoms with E-state index in [0.717, 1.165) is 84.9 Å². The average molecular weight is 369 g/mol. The van der Waals surface area contributed by atoms with Crippen molar-refractivity contribution in [3.05, 3.63) is 34.9 Å². The second kappa shape index (κ2) is 7.32. The first kappa shape index (κ1) is 18.0. The zero-order valence-electron chi connectivity index (χ0n) is 16.5. The Bertz CT molecular complexity index is 953. The van der Waals surface area contributed by atoms with Crippen LogP contribution in [-0.2, 0) is 4.74 Å². The summed E-state index contributed by atoms with van der Waals surface area (Å²) in [5.41, 5.74) is 4.90. The molecule has 4 heterocycles. The lowest BCUT2D eigenvalue weighted by Gasteiger charge is -2.26. The Balaban J connectivity index is 1.62. The Morgan fingerprint density at radius 2 is 1.89 bits per heavy atom. The average Bonchev–Trinajstić information content (AvgIpc) is 3.21. The van der Waals surface area contributed by atoms with Crippen molar-refractivity contribution >= 4 is 11.5 Å². The van der Waals surface area contributed by atoms with E-state index < -0.39 is 0 Å². The van der Waals surface area contributed by atoms with Gasteiger partial charge in [0, 0.05) is 49.1 Å². The number of aromatic nitrogens is 3. The predicted octanol–water partition coefficient (Wildman–Crippen LogP) is 2.97. The van der Waals surface area contributed by atoms with Gasteiger partial charge in [0.25, 0.3) is 0 Å². The van der Waals surface area contributed by atoms with Crippen LogP contribution in [-0.4, -0.2) is 58.9 Å². The highest BCUT2D eigenvalue weighted by atomic mass is 16.5. The minimum Gasteiger partial charge on any atom is -0.466 e. The summed E-state index contributed by atoms with van der Waals surface area (Å²) in [6.45, 7) is 13.5. The number of fused-ring (bicyclic) bond motifs is 1. The number of rotatable bonds is 5. The molecule has 3 aromatic rings. The van der Waals surface area contributed by atoms with E-state index in [0.29, 0.717) is 0 Å². The molecule has 1 N–H and O–H groups in total. The standard InChI is InChI=1S/C20H27N5O2/c1-13-11-17(16(4)27-13)18-12-19-22-15(3)14(2)20(25(19)23-18)21-5-6-24-7-9-26-10-8-24/h11-12,21H,5-10H2,1-4H3. The third kappa shape index (κ3) is 3.57. The molecule has 7 heteroatoms. The van der Waals surface area contributed by atoms with Crippen LogP contribution in [0.4, 0.5) is 5.82 Å². The lowest BCUT2D eigenvalue weighted by atomic mass is 10.2. The Labute approximate surface area is 159 Å². The lowest BCUT2D eigenvalue weighted by molar-refractivity contribution is 0.0398. The Hall–Kier alpha value is -2.38. The summed E-state index contributed by atoms with van der Waals surface area (Å²) in [5.74, 6) is 2.78. The number of hydrogen-bond acceptors (Lipinski definition) is 6. The molecule has 0 radical (unpaired) electrons. The van der Waals surface area contributed by atoms with Crippen LogP contribution in [0.5, 0.6) is 0 Å². The quantitative estimate of drug-likeness (QED) is 0.746. The molecule has 144 valence electrons. The van der Waals surface area contributed by atoms with E-state index in [9.17, 15) is 0 Å². The fourth-order valence-electron chi connectivity index (χ4n) is 3.58. The van der Waals surface area contributed by atoms with E-state index in [-0.39, 0.29) is 0 Å². The molecule has 0 spiro atoms. The van der Waals surface area contributed by atoms with Crippen LogP contribution in [0.15, 0.2) is 16.5 Å². The molecular weight excluding hydrogens is 342 g/mol. The minimum absolute atomic E-state index is 0.823. The first-order valence-corrected chi connectivity index (χ1v) is 9.51. The van der Waals surface area contributed by atoms with Crippen LogP contribution in [0.3, 0.4) is 0 Å². The normalized spacial score (nSPS) is 15.6. The third-order valence-electron chi connectivity index (χ3n) is 5.22. The maximum atomic E-state index is 5.67. The van der Waals surface area contributed by atoms with Crippen LogP contribution >= 0.6 is 0 Å². The van der Waals surface area contributed by atoms with Gasteiger partial charge < -0.3 is 14.5 Å². The summed E-state index contributed by atoms with van der Waals surface area (Å²) < 4.78 is 13.0. The van der Waals surface area contributed by atoms with Gasteiger partial charge in [0.15, 0.2) is 5.65 Å². The molecule has 0 unspecified atom stereocenters. The first-order chi connectivity index (χ1) is 13.0. The second-order valence-electron chi connectivity index (χ2n) is 7.18. The zero-order chi connectivity index (χ0) is 19.0. The zero-order valence-corrected chi connectivity index (χ0v) is 16.5. The molecule has 1 aliphatic rings. The summed E-state index contributed by atoms with van der Waals surface area (Å²) in [5, 5.41) is 8.41. The lowest BCUT2D eigenvalue weighted by Crippen LogP contribution is -2.39. The number of hydrogen-bond donors (Lipinski definition) is 1. The molecule has 7 nitrogen and oxygen atoms in total. The van der Waals surface area contributed by atoms with Gasteiger partial charge in [0.05, 0.1) is 18.9 Å². The molecule has 3 aromatic heterocycles. The van der Waals surface area contributed by atoms with Gasteiger partial charge in [-0.2, -0.15) is 9.61 Å². The van der Waals surface area contributed by atoms with Gasteiger partial charge in [-0.25, -0.2) is 4.98 Å². The first-order valence-electron chi connectivity index (χ1n) is 9.51. The maximum absolute atomic E-state index is 5.67. The van der Waals surface area contributed by atoms with Crippen molar-refractivity contribution in [3.8, 4) is 11.3 Å². The van der Waals surface area contributed by atoms with Crippen molar-refractivity contribution in [2.75, 3.05) is 44.7 Å². The van der Waals surface area contributed by atoms with E-state index in [1.54, 1.807) is 0 Å². The number of anilines is 1. The van der Waals surface area contributed by atoms with Gasteiger partial charge in [-0.1, -0.05) is 0 Å². The van der Waals surface area contributed by atoms with E-state index in [1.165, 1.54) is 0 Å². The summed E-state index contributed by atoms with van der Waals surface area (Å²) >= 11 is 0. The summed E-state index contributed by atoms with van der Waals surface area (Å²) in [4.78, 5) is 7.14. The van der Waals surface area contributed by atoms with Crippen molar-refractivity contribution in [3.63, 3.8) is 0 Å². The van der Waals surface area contributed by atoms with Crippen molar-refractivity contribution in [2.24, 2.45) is 0 Å². The molecular formula is C20H27N5O2. The highest BCUT2D eigenvalue weighted by Crippen LogP contribution is 2.28. The van der Waals surface area contributed by atoms with E-state index in [1.807, 2.05) is 37.4 Å². The van der Waals surface area contributed by atoms with Gasteiger partial charge in [0.1, 0.15) is 17.3 Å². The topological polar surface area (TPSA) is 67.8 Å². The summed E-state index contributed by atoms with van der Waals surface area (Å²) in [6, 6.07) is 4.05.